The summed E-state index contributed by atoms with van der Waals surface area (Å²) in [6.45, 7) is 0.350. The van der Waals surface area contributed by atoms with Crippen molar-refractivity contribution in [2.24, 2.45) is 0 Å². The standard InChI is InChI=1S/C18H16FN3O3S/c1-25-16-5-4-11(7-13(16)19)14-8-22-15(10-26-18(22)20-14)17(24)21-6-2-3-12(21)9-23/h2-5,7-8,10,12,23H,6,9H2,1H3/t12-/m0/s1. The SMILES string of the molecule is COc1ccc(-c2cn3c(C(=O)N4CC=C[C@H]4CO)csc3n2)cc1F. The molecule has 4 rings (SSSR count). The van der Waals surface area contributed by atoms with Gasteiger partial charge in [-0.05, 0) is 18.2 Å². The number of hydrogen-bond acceptors (Lipinski definition) is 5. The van der Waals surface area contributed by atoms with E-state index in [1.165, 1.54) is 24.5 Å². The molecule has 0 spiro atoms. The molecule has 6 nitrogen and oxygen atoms in total. The largest absolute Gasteiger partial charge is 0.494 e. The molecule has 0 saturated heterocycles. The van der Waals surface area contributed by atoms with Crippen molar-refractivity contribution in [1.82, 2.24) is 14.3 Å². The predicted octanol–water partition coefficient (Wildman–Crippen LogP) is 2.58. The van der Waals surface area contributed by atoms with E-state index in [0.29, 0.717) is 28.5 Å². The summed E-state index contributed by atoms with van der Waals surface area (Å²) < 4.78 is 20.6. The zero-order valence-electron chi connectivity index (χ0n) is 13.9. The Labute approximate surface area is 152 Å². The second-order valence-electron chi connectivity index (χ2n) is 5.88. The van der Waals surface area contributed by atoms with Gasteiger partial charge in [-0.1, -0.05) is 12.2 Å². The van der Waals surface area contributed by atoms with Crippen LogP contribution in [-0.2, 0) is 0 Å². The average Bonchev–Trinajstić information content (AvgIpc) is 3.35. The summed E-state index contributed by atoms with van der Waals surface area (Å²) in [7, 11) is 1.41. The molecular weight excluding hydrogens is 357 g/mol. The van der Waals surface area contributed by atoms with E-state index < -0.39 is 5.82 Å². The van der Waals surface area contributed by atoms with Gasteiger partial charge in [0.2, 0.25) is 0 Å². The number of rotatable bonds is 4. The fourth-order valence-corrected chi connectivity index (χ4v) is 3.86. The fourth-order valence-electron chi connectivity index (χ4n) is 3.01. The molecule has 0 unspecified atom stereocenters. The maximum Gasteiger partial charge on any atom is 0.272 e. The summed E-state index contributed by atoms with van der Waals surface area (Å²) in [6.07, 6.45) is 5.40. The van der Waals surface area contributed by atoms with Crippen LogP contribution in [0.5, 0.6) is 5.75 Å². The van der Waals surface area contributed by atoms with Crippen molar-refractivity contribution in [2.75, 3.05) is 20.3 Å². The normalized spacial score (nSPS) is 16.6. The highest BCUT2D eigenvalue weighted by atomic mass is 32.1. The highest BCUT2D eigenvalue weighted by molar-refractivity contribution is 7.15. The number of carbonyl (C=O) groups is 1. The molecule has 1 amide bonds. The van der Waals surface area contributed by atoms with Crippen LogP contribution in [-0.4, -0.2) is 51.6 Å². The third kappa shape index (κ3) is 2.67. The van der Waals surface area contributed by atoms with Crippen molar-refractivity contribution in [2.45, 2.75) is 6.04 Å². The number of carbonyl (C=O) groups excluding carboxylic acids is 1. The van der Waals surface area contributed by atoms with E-state index in [0.717, 1.165) is 0 Å². The van der Waals surface area contributed by atoms with Gasteiger partial charge in [0.25, 0.3) is 5.91 Å². The highest BCUT2D eigenvalue weighted by Gasteiger charge is 2.27. The maximum atomic E-state index is 14.0. The monoisotopic (exact) mass is 373 g/mol. The van der Waals surface area contributed by atoms with Crippen LogP contribution in [0, 0.1) is 5.82 Å². The zero-order chi connectivity index (χ0) is 18.3. The van der Waals surface area contributed by atoms with Gasteiger partial charge < -0.3 is 14.7 Å². The number of ether oxygens (including phenoxy) is 1. The number of imidazole rings is 1. The number of nitrogens with zero attached hydrogens (tertiary/aromatic N) is 3. The second-order valence-corrected chi connectivity index (χ2v) is 6.72. The number of aliphatic hydroxyl groups is 1. The molecule has 3 heterocycles. The maximum absolute atomic E-state index is 14.0. The molecule has 1 aromatic carbocycles. The van der Waals surface area contributed by atoms with Gasteiger partial charge >= 0.3 is 0 Å². The molecule has 134 valence electrons. The van der Waals surface area contributed by atoms with E-state index in [4.69, 9.17) is 4.74 Å². The van der Waals surface area contributed by atoms with Crippen LogP contribution in [0.15, 0.2) is 41.9 Å². The predicted molar refractivity (Wildman–Crippen MR) is 96.1 cm³/mol. The number of methoxy groups -OCH3 is 1. The lowest BCUT2D eigenvalue weighted by atomic mass is 10.1. The molecule has 0 radical (unpaired) electrons. The molecule has 2 aromatic heterocycles. The van der Waals surface area contributed by atoms with Crippen molar-refractivity contribution in [3.05, 3.63) is 53.4 Å². The quantitative estimate of drug-likeness (QED) is 0.714. The Morgan fingerprint density at radius 1 is 1.50 bits per heavy atom. The van der Waals surface area contributed by atoms with Gasteiger partial charge in [-0.3, -0.25) is 9.20 Å². The Morgan fingerprint density at radius 2 is 2.35 bits per heavy atom. The number of aliphatic hydroxyl groups excluding tert-OH is 1. The molecule has 0 aliphatic carbocycles. The lowest BCUT2D eigenvalue weighted by Crippen LogP contribution is -2.38. The van der Waals surface area contributed by atoms with Gasteiger partial charge in [0.1, 0.15) is 5.69 Å². The number of halogens is 1. The van der Waals surface area contributed by atoms with Crippen LogP contribution in [0.4, 0.5) is 4.39 Å². The first-order valence-electron chi connectivity index (χ1n) is 8.01. The third-order valence-electron chi connectivity index (χ3n) is 4.38. The molecule has 1 aliphatic rings. The van der Waals surface area contributed by atoms with Crippen molar-refractivity contribution in [3.63, 3.8) is 0 Å². The van der Waals surface area contributed by atoms with Gasteiger partial charge in [0, 0.05) is 23.7 Å². The summed E-state index contributed by atoms with van der Waals surface area (Å²) in [5.74, 6) is -0.473. The number of fused-ring (bicyclic) bond motifs is 1. The number of thiazole rings is 1. The summed E-state index contributed by atoms with van der Waals surface area (Å²) in [5, 5.41) is 11.2. The van der Waals surface area contributed by atoms with E-state index in [9.17, 15) is 14.3 Å². The van der Waals surface area contributed by atoms with E-state index >= 15 is 0 Å². The molecule has 1 aliphatic heterocycles. The zero-order valence-corrected chi connectivity index (χ0v) is 14.7. The number of aromatic nitrogens is 2. The molecule has 0 saturated carbocycles. The lowest BCUT2D eigenvalue weighted by molar-refractivity contribution is 0.0694. The Bertz CT molecular complexity index is 1010. The summed E-state index contributed by atoms with van der Waals surface area (Å²) in [4.78, 5) is 19.6. The van der Waals surface area contributed by atoms with Crippen LogP contribution in [0.1, 0.15) is 10.5 Å². The van der Waals surface area contributed by atoms with Crippen molar-refractivity contribution < 1.29 is 19.0 Å². The number of benzene rings is 1. The van der Waals surface area contributed by atoms with Crippen LogP contribution in [0.25, 0.3) is 16.2 Å². The Kier molecular flexibility index (Phi) is 4.21. The summed E-state index contributed by atoms with van der Waals surface area (Å²) in [5.41, 5.74) is 1.65. The molecular formula is C18H16FN3O3S. The molecule has 1 N–H and O–H groups in total. The lowest BCUT2D eigenvalue weighted by Gasteiger charge is -2.22. The number of amides is 1. The Hall–Kier alpha value is -2.71. The third-order valence-corrected chi connectivity index (χ3v) is 5.22. The van der Waals surface area contributed by atoms with E-state index in [2.05, 4.69) is 4.98 Å². The van der Waals surface area contributed by atoms with E-state index in [1.54, 1.807) is 33.0 Å². The number of hydrogen-bond donors (Lipinski definition) is 1. The first-order chi connectivity index (χ1) is 12.6. The van der Waals surface area contributed by atoms with Crippen LogP contribution < -0.4 is 4.74 Å². The van der Waals surface area contributed by atoms with Gasteiger partial charge in [0.15, 0.2) is 16.5 Å². The van der Waals surface area contributed by atoms with Gasteiger partial charge in [0.05, 0.1) is 25.5 Å². The van der Waals surface area contributed by atoms with Crippen LogP contribution in [0.3, 0.4) is 0 Å². The van der Waals surface area contributed by atoms with Crippen molar-refractivity contribution >= 4 is 22.2 Å². The molecule has 0 fully saturated rings. The van der Waals surface area contributed by atoms with Crippen molar-refractivity contribution in [1.29, 1.82) is 0 Å². The molecule has 0 bridgehead atoms. The average molecular weight is 373 g/mol. The minimum absolute atomic E-state index is 0.115. The van der Waals surface area contributed by atoms with Crippen LogP contribution in [0.2, 0.25) is 0 Å². The summed E-state index contributed by atoms with van der Waals surface area (Å²) in [6, 6.07) is 4.32. The van der Waals surface area contributed by atoms with Crippen molar-refractivity contribution in [3.8, 4) is 17.0 Å². The van der Waals surface area contributed by atoms with Crippen LogP contribution >= 0.6 is 11.3 Å². The highest BCUT2D eigenvalue weighted by Crippen LogP contribution is 2.28. The van der Waals surface area contributed by atoms with Gasteiger partial charge in [-0.15, -0.1) is 11.3 Å². The second kappa shape index (κ2) is 6.54. The van der Waals surface area contributed by atoms with Gasteiger partial charge in [-0.25, -0.2) is 9.37 Å². The first-order valence-corrected chi connectivity index (χ1v) is 8.89. The fraction of sp³-hybridized carbons (Fsp3) is 0.222. The topological polar surface area (TPSA) is 67.1 Å². The molecule has 1 atom stereocenters. The first kappa shape index (κ1) is 16.7. The smallest absolute Gasteiger partial charge is 0.272 e. The molecule has 3 aromatic rings. The summed E-state index contributed by atoms with van der Waals surface area (Å²) >= 11 is 1.34. The Morgan fingerprint density at radius 3 is 3.08 bits per heavy atom. The van der Waals surface area contributed by atoms with E-state index in [1.807, 2.05) is 12.2 Å². The molecule has 26 heavy (non-hydrogen) atoms. The molecule has 8 heteroatoms. The minimum Gasteiger partial charge on any atom is -0.494 e. The van der Waals surface area contributed by atoms with Gasteiger partial charge in [-0.2, -0.15) is 0 Å². The Balaban J connectivity index is 1.69. The minimum atomic E-state index is -0.466. The van der Waals surface area contributed by atoms with E-state index in [-0.39, 0.29) is 24.3 Å².